The van der Waals surface area contributed by atoms with E-state index in [1.54, 1.807) is 42.5 Å². The molecule has 6 nitrogen and oxygen atoms in total. The molecule has 1 aliphatic carbocycles. The molecule has 4 aromatic rings. The van der Waals surface area contributed by atoms with E-state index in [0.717, 1.165) is 43.1 Å². The number of sulfonamides is 1. The van der Waals surface area contributed by atoms with Gasteiger partial charge in [0, 0.05) is 23.7 Å². The van der Waals surface area contributed by atoms with Crippen molar-refractivity contribution in [1.82, 2.24) is 9.62 Å². The summed E-state index contributed by atoms with van der Waals surface area (Å²) in [7, 11) is -4.53. The summed E-state index contributed by atoms with van der Waals surface area (Å²) in [5.41, 5.74) is 0.995. The lowest BCUT2D eigenvalue weighted by molar-refractivity contribution is -0.145. The fourth-order valence-electron chi connectivity index (χ4n) is 6.13. The molecule has 1 saturated carbocycles. The Morgan fingerprint density at radius 3 is 2.09 bits per heavy atom. The molecule has 4 aromatic carbocycles. The molecule has 1 aliphatic heterocycles. The van der Waals surface area contributed by atoms with E-state index in [1.807, 2.05) is 6.07 Å². The molecule has 1 heterocycles. The van der Waals surface area contributed by atoms with Gasteiger partial charge in [0.15, 0.2) is 6.04 Å². The van der Waals surface area contributed by atoms with E-state index in [4.69, 9.17) is 16.3 Å². The monoisotopic (exact) mass is 652 g/mol. The highest BCUT2D eigenvalue weighted by molar-refractivity contribution is 7.89. The fourth-order valence-corrected chi connectivity index (χ4v) is 7.48. The predicted octanol–water partition coefficient (Wildman–Crippen LogP) is 7.93. The maximum atomic E-state index is 16.3. The normalized spacial score (nSPS) is 17.0. The van der Waals surface area contributed by atoms with Crippen molar-refractivity contribution in [2.75, 3.05) is 13.1 Å². The van der Waals surface area contributed by atoms with Crippen LogP contribution in [0.1, 0.15) is 50.5 Å². The van der Waals surface area contributed by atoms with Gasteiger partial charge in [-0.1, -0.05) is 60.1 Å². The molecule has 0 aromatic heterocycles. The molecule has 1 saturated heterocycles. The number of piperidine rings is 1. The summed E-state index contributed by atoms with van der Waals surface area (Å²) >= 11 is 5.98. The third-order valence-corrected chi connectivity index (χ3v) is 10.4. The molecule has 2 aliphatic rings. The van der Waals surface area contributed by atoms with Crippen LogP contribution in [0, 0.1) is 0 Å². The maximum absolute atomic E-state index is 16.3. The number of rotatable bonds is 9. The van der Waals surface area contributed by atoms with Crippen molar-refractivity contribution in [2.24, 2.45) is 0 Å². The number of nitrogens with one attached hydrogen (secondary N) is 1. The van der Waals surface area contributed by atoms with Gasteiger partial charge in [-0.2, -0.15) is 13.5 Å². The van der Waals surface area contributed by atoms with Crippen LogP contribution in [0.2, 0.25) is 5.02 Å². The van der Waals surface area contributed by atoms with Gasteiger partial charge in [-0.3, -0.25) is 4.79 Å². The van der Waals surface area contributed by atoms with Gasteiger partial charge in [-0.15, -0.1) is 0 Å². The molecular formula is C35H35ClF2N2O4S. The Balaban J connectivity index is 1.28. The molecule has 0 spiro atoms. The van der Waals surface area contributed by atoms with Crippen molar-refractivity contribution in [3.63, 3.8) is 0 Å². The fraction of sp³-hybridized carbons (Fsp3) is 0.343. The van der Waals surface area contributed by atoms with Gasteiger partial charge in [0.05, 0.1) is 11.0 Å². The van der Waals surface area contributed by atoms with E-state index in [0.29, 0.717) is 47.7 Å². The number of hydrogen-bond donors (Lipinski definition) is 1. The van der Waals surface area contributed by atoms with E-state index in [9.17, 15) is 13.2 Å². The minimum atomic E-state index is -4.53. The van der Waals surface area contributed by atoms with Gasteiger partial charge >= 0.3 is 0 Å². The van der Waals surface area contributed by atoms with E-state index in [-0.39, 0.29) is 11.0 Å². The number of halogens is 3. The van der Waals surface area contributed by atoms with Crippen molar-refractivity contribution in [3.05, 3.63) is 95.5 Å². The van der Waals surface area contributed by atoms with Crippen molar-refractivity contribution >= 4 is 38.3 Å². The van der Waals surface area contributed by atoms with Crippen molar-refractivity contribution in [1.29, 1.82) is 0 Å². The number of likely N-dealkylation sites (tertiary alicyclic amines) is 1. The minimum Gasteiger partial charge on any atom is -0.490 e. The molecule has 1 N–H and O–H groups in total. The second-order valence-corrected chi connectivity index (χ2v) is 14.0. The molecular weight excluding hydrogens is 618 g/mol. The largest absolute Gasteiger partial charge is 0.490 e. The molecule has 1 amide bonds. The highest BCUT2D eigenvalue weighted by atomic mass is 35.5. The Kier molecular flexibility index (Phi) is 9.13. The number of fused-ring (bicyclic) bond motifs is 1. The molecule has 45 heavy (non-hydrogen) atoms. The highest BCUT2D eigenvalue weighted by Crippen LogP contribution is 2.36. The standard InChI is InChI=1S/C35H35ClF2N2O4S/c36-29-16-10-25(11-17-29)24-8-14-28(15-9-24)35(37,38)33(34(41)40-20-4-1-5-21-40)39-45(42,43)32-19-13-26-22-31(18-12-27(26)23-32)44-30-6-2-3-7-30/h8-19,22-23,30,33,39H,1-7,20-21H2/t33-/m1/s1. The maximum Gasteiger partial charge on any atom is 0.298 e. The first-order chi connectivity index (χ1) is 21.6. The first-order valence-electron chi connectivity index (χ1n) is 15.4. The van der Waals surface area contributed by atoms with Gasteiger partial charge in [-0.05, 0) is 103 Å². The Morgan fingerprint density at radius 1 is 0.822 bits per heavy atom. The van der Waals surface area contributed by atoms with Gasteiger partial charge in [0.25, 0.3) is 5.92 Å². The third-order valence-electron chi connectivity index (χ3n) is 8.70. The van der Waals surface area contributed by atoms with Crippen molar-refractivity contribution in [3.8, 4) is 16.9 Å². The smallest absolute Gasteiger partial charge is 0.298 e. The first-order valence-corrected chi connectivity index (χ1v) is 17.2. The van der Waals surface area contributed by atoms with Crippen molar-refractivity contribution in [2.45, 2.75) is 67.9 Å². The summed E-state index contributed by atoms with van der Waals surface area (Å²) in [6.45, 7) is 0.591. The minimum absolute atomic E-state index is 0.177. The lowest BCUT2D eigenvalue weighted by atomic mass is 9.96. The summed E-state index contributed by atoms with van der Waals surface area (Å²) in [5.74, 6) is -4.08. The van der Waals surface area contributed by atoms with Crippen LogP contribution in [-0.2, 0) is 20.7 Å². The van der Waals surface area contributed by atoms with Crippen LogP contribution in [0.15, 0.2) is 89.8 Å². The molecule has 0 unspecified atom stereocenters. The lowest BCUT2D eigenvalue weighted by Crippen LogP contribution is -2.56. The van der Waals surface area contributed by atoms with Crippen LogP contribution in [0.4, 0.5) is 8.78 Å². The summed E-state index contributed by atoms with van der Waals surface area (Å²) in [6.07, 6.45) is 6.70. The summed E-state index contributed by atoms with van der Waals surface area (Å²) in [5, 5.41) is 1.93. The lowest BCUT2D eigenvalue weighted by Gasteiger charge is -2.34. The summed E-state index contributed by atoms with van der Waals surface area (Å²) in [4.78, 5) is 14.8. The topological polar surface area (TPSA) is 75.7 Å². The zero-order valence-corrected chi connectivity index (χ0v) is 26.3. The quantitative estimate of drug-likeness (QED) is 0.199. The van der Waals surface area contributed by atoms with Gasteiger partial charge in [0.1, 0.15) is 5.75 Å². The Morgan fingerprint density at radius 2 is 1.42 bits per heavy atom. The van der Waals surface area contributed by atoms with Crippen LogP contribution >= 0.6 is 11.6 Å². The van der Waals surface area contributed by atoms with E-state index >= 15 is 8.78 Å². The average molecular weight is 653 g/mol. The number of alkyl halides is 2. The molecule has 236 valence electrons. The van der Waals surface area contributed by atoms with Crippen LogP contribution in [0.25, 0.3) is 21.9 Å². The van der Waals surface area contributed by atoms with Crippen LogP contribution in [0.5, 0.6) is 5.75 Å². The first kappa shape index (κ1) is 31.5. The van der Waals surface area contributed by atoms with Crippen LogP contribution in [-0.4, -0.2) is 44.5 Å². The number of carbonyl (C=O) groups is 1. The van der Waals surface area contributed by atoms with Crippen molar-refractivity contribution < 1.29 is 26.7 Å². The predicted molar refractivity (Wildman–Crippen MR) is 172 cm³/mol. The Bertz CT molecular complexity index is 1770. The van der Waals surface area contributed by atoms with Gasteiger partial charge in [-0.25, -0.2) is 8.42 Å². The number of benzene rings is 4. The van der Waals surface area contributed by atoms with E-state index in [1.165, 1.54) is 41.3 Å². The molecule has 0 radical (unpaired) electrons. The van der Waals surface area contributed by atoms with Crippen LogP contribution in [0.3, 0.4) is 0 Å². The number of hydrogen-bond acceptors (Lipinski definition) is 4. The molecule has 0 bridgehead atoms. The number of amides is 1. The molecule has 1 atom stereocenters. The second-order valence-electron chi connectivity index (χ2n) is 11.8. The summed E-state index contributed by atoms with van der Waals surface area (Å²) < 4.78 is 68.2. The molecule has 10 heteroatoms. The summed E-state index contributed by atoms with van der Waals surface area (Å²) in [6, 6.07) is 20.0. The third kappa shape index (κ3) is 7.00. The zero-order valence-electron chi connectivity index (χ0n) is 24.7. The molecule has 6 rings (SSSR count). The zero-order chi connectivity index (χ0) is 31.6. The SMILES string of the molecule is O=C([C@@H](NS(=O)(=O)c1ccc2cc(OC3CCCC3)ccc2c1)C(F)(F)c1ccc(-c2ccc(Cl)cc2)cc1)N1CCCCC1. The average Bonchev–Trinajstić information content (AvgIpc) is 3.57. The number of carbonyl (C=O) groups excluding carboxylic acids is 1. The van der Waals surface area contributed by atoms with Gasteiger partial charge in [0.2, 0.25) is 15.9 Å². The van der Waals surface area contributed by atoms with E-state index < -0.39 is 33.5 Å². The van der Waals surface area contributed by atoms with Gasteiger partial charge < -0.3 is 9.64 Å². The van der Waals surface area contributed by atoms with Crippen LogP contribution < -0.4 is 9.46 Å². The number of nitrogens with zero attached hydrogens (tertiary/aromatic N) is 1. The Labute approximate surface area is 267 Å². The second kappa shape index (κ2) is 13.1. The number of ether oxygens (including phenoxy) is 1. The highest BCUT2D eigenvalue weighted by Gasteiger charge is 2.49. The molecule has 2 fully saturated rings. The van der Waals surface area contributed by atoms with E-state index in [2.05, 4.69) is 4.72 Å². The Hall–Kier alpha value is -3.53.